The number of aliphatic hydroxyl groups is 1. The quantitative estimate of drug-likeness (QED) is 0.706. The Labute approximate surface area is 132 Å². The first-order valence-electron chi connectivity index (χ1n) is 6.05. The zero-order valence-corrected chi connectivity index (χ0v) is 14.0. The lowest BCUT2D eigenvalue weighted by molar-refractivity contribution is 0.0318. The van der Waals surface area contributed by atoms with Crippen molar-refractivity contribution in [2.75, 3.05) is 25.1 Å². The number of benzene rings is 1. The van der Waals surface area contributed by atoms with Crippen molar-refractivity contribution in [2.45, 2.75) is 20.0 Å². The van der Waals surface area contributed by atoms with E-state index in [4.69, 9.17) is 27.9 Å². The highest BCUT2D eigenvalue weighted by molar-refractivity contribution is 9.10. The van der Waals surface area contributed by atoms with Crippen molar-refractivity contribution in [2.24, 2.45) is 5.92 Å². The Morgan fingerprint density at radius 1 is 1.26 bits per heavy atom. The van der Waals surface area contributed by atoms with Crippen LogP contribution in [0, 0.1) is 5.92 Å². The summed E-state index contributed by atoms with van der Waals surface area (Å²) in [5.41, 5.74) is 0.692. The molecule has 0 aliphatic heterocycles. The van der Waals surface area contributed by atoms with Crippen LogP contribution in [-0.4, -0.2) is 31.0 Å². The number of aliphatic hydroxyl groups excluding tert-OH is 1. The van der Waals surface area contributed by atoms with Gasteiger partial charge in [-0.15, -0.1) is 0 Å². The molecule has 0 aromatic heterocycles. The zero-order chi connectivity index (χ0) is 14.4. The Morgan fingerprint density at radius 2 is 1.95 bits per heavy atom. The molecular formula is C13H18BrCl2NO2. The summed E-state index contributed by atoms with van der Waals surface area (Å²) in [6.45, 7) is 5.42. The average Bonchev–Trinajstić information content (AvgIpc) is 2.35. The van der Waals surface area contributed by atoms with E-state index in [-0.39, 0.29) is 0 Å². The minimum absolute atomic E-state index is 0.299. The Morgan fingerprint density at radius 3 is 2.58 bits per heavy atom. The van der Waals surface area contributed by atoms with Gasteiger partial charge in [0.15, 0.2) is 0 Å². The van der Waals surface area contributed by atoms with Crippen LogP contribution in [0.15, 0.2) is 16.6 Å². The van der Waals surface area contributed by atoms with Gasteiger partial charge in [0.05, 0.1) is 28.4 Å². The summed E-state index contributed by atoms with van der Waals surface area (Å²) in [6, 6.07) is 3.61. The van der Waals surface area contributed by atoms with Crippen LogP contribution in [0.4, 0.5) is 5.69 Å². The van der Waals surface area contributed by atoms with Crippen molar-refractivity contribution in [3.05, 3.63) is 26.7 Å². The summed E-state index contributed by atoms with van der Waals surface area (Å²) in [7, 11) is 0. The lowest BCUT2D eigenvalue weighted by atomic mass is 10.2. The lowest BCUT2D eigenvalue weighted by Gasteiger charge is -2.15. The Balaban J connectivity index is 2.42. The van der Waals surface area contributed by atoms with E-state index in [1.165, 1.54) is 0 Å². The van der Waals surface area contributed by atoms with E-state index in [1.54, 1.807) is 12.1 Å². The van der Waals surface area contributed by atoms with Crippen molar-refractivity contribution in [3.63, 3.8) is 0 Å². The number of hydrogen-bond acceptors (Lipinski definition) is 3. The van der Waals surface area contributed by atoms with Crippen LogP contribution in [-0.2, 0) is 4.74 Å². The van der Waals surface area contributed by atoms with Gasteiger partial charge in [0.1, 0.15) is 0 Å². The second-order valence-corrected chi connectivity index (χ2v) is 6.30. The second kappa shape index (κ2) is 8.32. The third-order valence-electron chi connectivity index (χ3n) is 2.32. The first-order valence-corrected chi connectivity index (χ1v) is 7.60. The van der Waals surface area contributed by atoms with Crippen molar-refractivity contribution in [3.8, 4) is 0 Å². The third kappa shape index (κ3) is 5.88. The van der Waals surface area contributed by atoms with Crippen molar-refractivity contribution in [1.82, 2.24) is 0 Å². The predicted molar refractivity (Wildman–Crippen MR) is 84.3 cm³/mol. The van der Waals surface area contributed by atoms with E-state index in [0.717, 1.165) is 4.47 Å². The zero-order valence-electron chi connectivity index (χ0n) is 10.9. The molecule has 1 aromatic carbocycles. The molecule has 0 bridgehead atoms. The first kappa shape index (κ1) is 17.1. The van der Waals surface area contributed by atoms with Crippen LogP contribution in [0.25, 0.3) is 0 Å². The van der Waals surface area contributed by atoms with Crippen molar-refractivity contribution < 1.29 is 9.84 Å². The summed E-state index contributed by atoms with van der Waals surface area (Å²) in [5.74, 6) is 0.458. The van der Waals surface area contributed by atoms with Gasteiger partial charge in [0.25, 0.3) is 0 Å². The minimum Gasteiger partial charge on any atom is -0.389 e. The van der Waals surface area contributed by atoms with Gasteiger partial charge in [-0.2, -0.15) is 0 Å². The molecule has 3 nitrogen and oxygen atoms in total. The summed E-state index contributed by atoms with van der Waals surface area (Å²) in [6.07, 6.45) is -0.586. The van der Waals surface area contributed by atoms with Crippen LogP contribution in [0.5, 0.6) is 0 Å². The summed E-state index contributed by atoms with van der Waals surface area (Å²) in [4.78, 5) is 0. The summed E-state index contributed by atoms with van der Waals surface area (Å²) < 4.78 is 6.10. The lowest BCUT2D eigenvalue weighted by Crippen LogP contribution is -2.25. The molecule has 0 aliphatic carbocycles. The van der Waals surface area contributed by atoms with Gasteiger partial charge in [-0.3, -0.25) is 0 Å². The topological polar surface area (TPSA) is 41.5 Å². The smallest absolute Gasteiger partial charge is 0.0945 e. The van der Waals surface area contributed by atoms with Crippen LogP contribution >= 0.6 is 39.1 Å². The molecule has 0 aliphatic rings. The van der Waals surface area contributed by atoms with E-state index in [1.807, 2.05) is 0 Å². The fraction of sp³-hybridized carbons (Fsp3) is 0.538. The molecule has 1 atom stereocenters. The fourth-order valence-corrected chi connectivity index (χ4v) is 2.23. The summed E-state index contributed by atoms with van der Waals surface area (Å²) in [5, 5.41) is 13.7. The second-order valence-electron chi connectivity index (χ2n) is 4.69. The standard InChI is InChI=1S/C13H18BrCl2NO2/c1-8(2)6-19-7-9(18)5-17-11-4-3-10(14)12(15)13(11)16/h3-4,8-9,17-18H,5-7H2,1-2H3. The predicted octanol–water partition coefficient (Wildman–Crippen LogP) is 4.20. The maximum Gasteiger partial charge on any atom is 0.0945 e. The molecule has 6 heteroatoms. The van der Waals surface area contributed by atoms with Gasteiger partial charge >= 0.3 is 0 Å². The number of anilines is 1. The number of ether oxygens (including phenoxy) is 1. The average molecular weight is 371 g/mol. The van der Waals surface area contributed by atoms with Gasteiger partial charge in [-0.25, -0.2) is 0 Å². The Hall–Kier alpha value is -0.000000000000000111. The maximum atomic E-state index is 9.77. The summed E-state index contributed by atoms with van der Waals surface area (Å²) >= 11 is 15.4. The van der Waals surface area contributed by atoms with E-state index < -0.39 is 6.10 Å². The molecular weight excluding hydrogens is 353 g/mol. The van der Waals surface area contributed by atoms with E-state index in [0.29, 0.717) is 41.4 Å². The SMILES string of the molecule is CC(C)COCC(O)CNc1ccc(Br)c(Cl)c1Cl. The highest BCUT2D eigenvalue weighted by Crippen LogP contribution is 2.35. The maximum absolute atomic E-state index is 9.77. The molecule has 0 radical (unpaired) electrons. The van der Waals surface area contributed by atoms with Crippen molar-refractivity contribution in [1.29, 1.82) is 0 Å². The molecule has 1 unspecified atom stereocenters. The van der Waals surface area contributed by atoms with Crippen LogP contribution in [0.3, 0.4) is 0 Å². The molecule has 1 rings (SSSR count). The van der Waals surface area contributed by atoms with Crippen molar-refractivity contribution >= 4 is 44.8 Å². The first-order chi connectivity index (χ1) is 8.91. The largest absolute Gasteiger partial charge is 0.389 e. The molecule has 1 aromatic rings. The molecule has 0 saturated carbocycles. The molecule has 0 spiro atoms. The minimum atomic E-state index is -0.586. The number of rotatable bonds is 7. The van der Waals surface area contributed by atoms with Gasteiger partial charge in [0.2, 0.25) is 0 Å². The van der Waals surface area contributed by atoms with Crippen LogP contribution in [0.2, 0.25) is 10.0 Å². The normalized spacial score (nSPS) is 12.8. The highest BCUT2D eigenvalue weighted by atomic mass is 79.9. The van der Waals surface area contributed by atoms with Gasteiger partial charge < -0.3 is 15.2 Å². The molecule has 108 valence electrons. The highest BCUT2D eigenvalue weighted by Gasteiger charge is 2.10. The molecule has 0 fully saturated rings. The van der Waals surface area contributed by atoms with E-state index >= 15 is 0 Å². The van der Waals surface area contributed by atoms with Gasteiger partial charge in [0, 0.05) is 17.6 Å². The number of nitrogens with one attached hydrogen (secondary N) is 1. The molecule has 0 amide bonds. The molecule has 0 heterocycles. The van der Waals surface area contributed by atoms with E-state index in [9.17, 15) is 5.11 Å². The van der Waals surface area contributed by atoms with Crippen LogP contribution < -0.4 is 5.32 Å². The fourth-order valence-electron chi connectivity index (χ4n) is 1.39. The van der Waals surface area contributed by atoms with E-state index in [2.05, 4.69) is 35.1 Å². The third-order valence-corrected chi connectivity index (χ3v) is 4.10. The van der Waals surface area contributed by atoms with Gasteiger partial charge in [-0.05, 0) is 34.0 Å². The Bertz CT molecular complexity index is 416. The monoisotopic (exact) mass is 369 g/mol. The van der Waals surface area contributed by atoms with Crippen LogP contribution in [0.1, 0.15) is 13.8 Å². The number of hydrogen-bond donors (Lipinski definition) is 2. The van der Waals surface area contributed by atoms with Gasteiger partial charge in [-0.1, -0.05) is 37.0 Å². The molecule has 0 saturated heterocycles. The Kier molecular flexibility index (Phi) is 7.47. The number of halogens is 3. The molecule has 19 heavy (non-hydrogen) atoms. The molecule has 2 N–H and O–H groups in total.